The number of nitrogens with zero attached hydrogens (tertiary/aromatic N) is 1. The molecule has 21 heavy (non-hydrogen) atoms. The molecular weight excluding hydrogens is 262 g/mol. The van der Waals surface area contributed by atoms with E-state index in [1.165, 1.54) is 6.42 Å². The van der Waals surface area contributed by atoms with E-state index in [0.717, 1.165) is 48.7 Å². The van der Waals surface area contributed by atoms with E-state index in [9.17, 15) is 4.79 Å². The number of amides is 1. The molecule has 1 aliphatic rings. The summed E-state index contributed by atoms with van der Waals surface area (Å²) in [5.41, 5.74) is 8.28. The number of carbonyl (C=O) groups excluding carboxylic acids is 1. The SMILES string of the molecule is CCCC1CCCCN1C(=O)c1c[nH]c2ccc(N)cc12. The molecule has 2 aromatic rings. The number of aromatic nitrogens is 1. The summed E-state index contributed by atoms with van der Waals surface area (Å²) in [4.78, 5) is 18.2. The molecule has 1 saturated heterocycles. The van der Waals surface area contributed by atoms with Crippen LogP contribution in [-0.2, 0) is 0 Å². The number of H-pyrrole nitrogens is 1. The second kappa shape index (κ2) is 5.80. The first kappa shape index (κ1) is 14.0. The Morgan fingerprint density at radius 3 is 3.10 bits per heavy atom. The maximum atomic E-state index is 12.9. The van der Waals surface area contributed by atoms with Gasteiger partial charge in [0, 0.05) is 35.4 Å². The van der Waals surface area contributed by atoms with Crippen LogP contribution >= 0.6 is 0 Å². The van der Waals surface area contributed by atoms with Crippen molar-refractivity contribution in [1.82, 2.24) is 9.88 Å². The minimum Gasteiger partial charge on any atom is -0.399 e. The largest absolute Gasteiger partial charge is 0.399 e. The number of nitrogen functional groups attached to an aromatic ring is 1. The van der Waals surface area contributed by atoms with Crippen LogP contribution in [0.2, 0.25) is 0 Å². The Kier molecular flexibility index (Phi) is 3.86. The molecular formula is C17H23N3O. The van der Waals surface area contributed by atoms with Gasteiger partial charge in [-0.05, 0) is 43.9 Å². The quantitative estimate of drug-likeness (QED) is 0.847. The summed E-state index contributed by atoms with van der Waals surface area (Å²) in [6, 6.07) is 6.06. The Morgan fingerprint density at radius 1 is 1.43 bits per heavy atom. The fraction of sp³-hybridized carbons (Fsp3) is 0.471. The van der Waals surface area contributed by atoms with Crippen molar-refractivity contribution < 1.29 is 4.79 Å². The van der Waals surface area contributed by atoms with Crippen LogP contribution in [0.25, 0.3) is 10.9 Å². The summed E-state index contributed by atoms with van der Waals surface area (Å²) >= 11 is 0. The molecule has 1 unspecified atom stereocenters. The topological polar surface area (TPSA) is 62.1 Å². The number of fused-ring (bicyclic) bond motifs is 1. The summed E-state index contributed by atoms with van der Waals surface area (Å²) in [7, 11) is 0. The van der Waals surface area contributed by atoms with E-state index < -0.39 is 0 Å². The van der Waals surface area contributed by atoms with E-state index in [0.29, 0.717) is 11.7 Å². The fourth-order valence-corrected chi connectivity index (χ4v) is 3.37. The lowest BCUT2D eigenvalue weighted by Crippen LogP contribution is -2.43. The first-order valence-corrected chi connectivity index (χ1v) is 7.88. The van der Waals surface area contributed by atoms with Gasteiger partial charge in [-0.25, -0.2) is 0 Å². The zero-order chi connectivity index (χ0) is 14.8. The number of nitrogens with two attached hydrogens (primary N) is 1. The average molecular weight is 285 g/mol. The van der Waals surface area contributed by atoms with Crippen molar-refractivity contribution in [1.29, 1.82) is 0 Å². The van der Waals surface area contributed by atoms with Gasteiger partial charge in [0.05, 0.1) is 5.56 Å². The second-order valence-corrected chi connectivity index (χ2v) is 5.94. The molecule has 3 rings (SSSR count). The highest BCUT2D eigenvalue weighted by atomic mass is 16.2. The Bertz CT molecular complexity index is 645. The van der Waals surface area contributed by atoms with Crippen LogP contribution in [0.5, 0.6) is 0 Å². The van der Waals surface area contributed by atoms with Gasteiger partial charge in [-0.15, -0.1) is 0 Å². The highest BCUT2D eigenvalue weighted by Crippen LogP contribution is 2.27. The number of benzene rings is 1. The molecule has 0 radical (unpaired) electrons. The lowest BCUT2D eigenvalue weighted by Gasteiger charge is -2.35. The number of nitrogens with one attached hydrogen (secondary N) is 1. The van der Waals surface area contributed by atoms with Crippen molar-refractivity contribution in [3.8, 4) is 0 Å². The minimum absolute atomic E-state index is 0.144. The lowest BCUT2D eigenvalue weighted by atomic mass is 9.97. The number of carbonyl (C=O) groups is 1. The van der Waals surface area contributed by atoms with Crippen LogP contribution in [0.4, 0.5) is 5.69 Å². The van der Waals surface area contributed by atoms with Crippen LogP contribution in [0.3, 0.4) is 0 Å². The summed E-state index contributed by atoms with van der Waals surface area (Å²) in [5, 5.41) is 0.931. The van der Waals surface area contributed by atoms with Crippen molar-refractivity contribution in [2.45, 2.75) is 45.1 Å². The molecule has 3 N–H and O–H groups in total. The zero-order valence-corrected chi connectivity index (χ0v) is 12.6. The van der Waals surface area contributed by atoms with Gasteiger partial charge in [0.25, 0.3) is 5.91 Å². The molecule has 0 spiro atoms. The molecule has 0 saturated carbocycles. The van der Waals surface area contributed by atoms with E-state index in [1.807, 2.05) is 24.4 Å². The predicted molar refractivity (Wildman–Crippen MR) is 86.3 cm³/mol. The predicted octanol–water partition coefficient (Wildman–Crippen LogP) is 3.54. The van der Waals surface area contributed by atoms with Gasteiger partial charge < -0.3 is 15.6 Å². The molecule has 4 nitrogen and oxygen atoms in total. The average Bonchev–Trinajstić information content (AvgIpc) is 2.90. The minimum atomic E-state index is 0.144. The standard InChI is InChI=1S/C17H23N3O/c1-2-5-13-6-3-4-9-20(13)17(21)15-11-19-16-8-7-12(18)10-14(15)16/h7-8,10-11,13,19H,2-6,9,18H2,1H3. The van der Waals surface area contributed by atoms with Gasteiger partial charge in [-0.2, -0.15) is 0 Å². The van der Waals surface area contributed by atoms with Crippen LogP contribution in [0.15, 0.2) is 24.4 Å². The molecule has 1 aromatic carbocycles. The molecule has 112 valence electrons. The van der Waals surface area contributed by atoms with Crippen LogP contribution in [0.1, 0.15) is 49.4 Å². The van der Waals surface area contributed by atoms with Crippen molar-refractivity contribution in [3.05, 3.63) is 30.0 Å². The van der Waals surface area contributed by atoms with Crippen LogP contribution in [-0.4, -0.2) is 28.4 Å². The number of hydrogen-bond donors (Lipinski definition) is 2. The first-order valence-electron chi connectivity index (χ1n) is 7.88. The summed E-state index contributed by atoms with van der Waals surface area (Å²) in [5.74, 6) is 0.144. The summed E-state index contributed by atoms with van der Waals surface area (Å²) < 4.78 is 0. The van der Waals surface area contributed by atoms with E-state index in [-0.39, 0.29) is 5.91 Å². The van der Waals surface area contributed by atoms with E-state index in [4.69, 9.17) is 5.73 Å². The van der Waals surface area contributed by atoms with Crippen LogP contribution < -0.4 is 5.73 Å². The lowest BCUT2D eigenvalue weighted by molar-refractivity contribution is 0.0603. The third kappa shape index (κ3) is 2.62. The molecule has 2 heterocycles. The van der Waals surface area contributed by atoms with Crippen molar-refractivity contribution in [2.75, 3.05) is 12.3 Å². The number of rotatable bonds is 3. The Hall–Kier alpha value is -1.97. The smallest absolute Gasteiger partial charge is 0.256 e. The molecule has 1 amide bonds. The maximum Gasteiger partial charge on any atom is 0.256 e. The van der Waals surface area contributed by atoms with Crippen molar-refractivity contribution in [2.24, 2.45) is 0 Å². The number of anilines is 1. The third-order valence-corrected chi connectivity index (χ3v) is 4.45. The molecule has 0 aliphatic carbocycles. The van der Waals surface area contributed by atoms with E-state index in [2.05, 4.69) is 16.8 Å². The van der Waals surface area contributed by atoms with Gasteiger partial charge in [0.15, 0.2) is 0 Å². The zero-order valence-electron chi connectivity index (χ0n) is 12.6. The molecule has 1 fully saturated rings. The molecule has 0 bridgehead atoms. The number of likely N-dealkylation sites (tertiary alicyclic amines) is 1. The first-order chi connectivity index (χ1) is 10.2. The van der Waals surface area contributed by atoms with Crippen molar-refractivity contribution >= 4 is 22.5 Å². The van der Waals surface area contributed by atoms with Gasteiger partial charge in [-0.1, -0.05) is 13.3 Å². The Morgan fingerprint density at radius 2 is 2.29 bits per heavy atom. The summed E-state index contributed by atoms with van der Waals surface area (Å²) in [6.45, 7) is 3.06. The number of piperidine rings is 1. The van der Waals surface area contributed by atoms with Crippen LogP contribution in [0, 0.1) is 0 Å². The van der Waals surface area contributed by atoms with Crippen molar-refractivity contribution in [3.63, 3.8) is 0 Å². The number of aromatic amines is 1. The Balaban J connectivity index is 1.93. The second-order valence-electron chi connectivity index (χ2n) is 5.94. The van der Waals surface area contributed by atoms with Gasteiger partial charge >= 0.3 is 0 Å². The normalized spacial score (nSPS) is 19.1. The third-order valence-electron chi connectivity index (χ3n) is 4.45. The van der Waals surface area contributed by atoms with E-state index >= 15 is 0 Å². The molecule has 4 heteroatoms. The highest BCUT2D eigenvalue weighted by molar-refractivity contribution is 6.07. The Labute approximate surface area is 125 Å². The summed E-state index contributed by atoms with van der Waals surface area (Å²) in [6.07, 6.45) is 7.51. The van der Waals surface area contributed by atoms with Gasteiger partial charge in [0.2, 0.25) is 0 Å². The highest BCUT2D eigenvalue weighted by Gasteiger charge is 2.28. The maximum absolute atomic E-state index is 12.9. The fourth-order valence-electron chi connectivity index (χ4n) is 3.37. The number of hydrogen-bond acceptors (Lipinski definition) is 2. The molecule has 1 atom stereocenters. The van der Waals surface area contributed by atoms with E-state index in [1.54, 1.807) is 0 Å². The van der Waals surface area contributed by atoms with Gasteiger partial charge in [0.1, 0.15) is 0 Å². The molecule has 1 aromatic heterocycles. The monoisotopic (exact) mass is 285 g/mol. The van der Waals surface area contributed by atoms with Gasteiger partial charge in [-0.3, -0.25) is 4.79 Å². The molecule has 1 aliphatic heterocycles.